The van der Waals surface area contributed by atoms with Crippen LogP contribution >= 0.6 is 0 Å². The fourth-order valence-electron chi connectivity index (χ4n) is 2.77. The third-order valence-electron chi connectivity index (χ3n) is 4.31. The predicted octanol–water partition coefficient (Wildman–Crippen LogP) is 2.77. The lowest BCUT2D eigenvalue weighted by molar-refractivity contribution is 0.0526. The van der Waals surface area contributed by atoms with Gasteiger partial charge in [-0.1, -0.05) is 37.3 Å². The highest BCUT2D eigenvalue weighted by Gasteiger charge is 2.35. The Morgan fingerprint density at radius 1 is 1.40 bits per heavy atom. The first kappa shape index (κ1) is 14.9. The van der Waals surface area contributed by atoms with Crippen LogP contribution in [0.25, 0.3) is 0 Å². The first-order valence-electron chi connectivity index (χ1n) is 7.35. The molecule has 1 aromatic rings. The number of rotatable bonds is 4. The van der Waals surface area contributed by atoms with Crippen LogP contribution in [0.3, 0.4) is 0 Å². The number of benzene rings is 1. The molecule has 0 saturated carbocycles. The Morgan fingerprint density at radius 3 is 2.80 bits per heavy atom. The van der Waals surface area contributed by atoms with Crippen LogP contribution < -0.4 is 5.73 Å². The molecule has 1 aliphatic rings. The minimum absolute atomic E-state index is 0.0734. The molecule has 2 N–H and O–H groups in total. The standard InChI is InChI=1S/C16H24N2O2/c1-2-16(12-17)9-6-10-18(13-16)15(19)20-11-14-7-4-3-5-8-14/h3-5,7-8H,2,6,9-13,17H2,1H3. The van der Waals surface area contributed by atoms with Crippen molar-refractivity contribution in [3.8, 4) is 0 Å². The number of piperidine rings is 1. The minimum atomic E-state index is -0.222. The Balaban J connectivity index is 1.89. The fourth-order valence-corrected chi connectivity index (χ4v) is 2.77. The highest BCUT2D eigenvalue weighted by atomic mass is 16.6. The average Bonchev–Trinajstić information content (AvgIpc) is 2.53. The lowest BCUT2D eigenvalue weighted by Gasteiger charge is -2.41. The molecule has 0 spiro atoms. The second-order valence-corrected chi connectivity index (χ2v) is 5.62. The summed E-state index contributed by atoms with van der Waals surface area (Å²) >= 11 is 0. The molecule has 0 aliphatic carbocycles. The Bertz CT molecular complexity index is 429. The van der Waals surface area contributed by atoms with Crippen molar-refractivity contribution in [3.05, 3.63) is 35.9 Å². The van der Waals surface area contributed by atoms with Crippen LogP contribution in [0, 0.1) is 5.41 Å². The van der Waals surface area contributed by atoms with E-state index in [4.69, 9.17) is 10.5 Å². The van der Waals surface area contributed by atoms with Gasteiger partial charge < -0.3 is 15.4 Å². The minimum Gasteiger partial charge on any atom is -0.445 e. The molecule has 2 rings (SSSR count). The first-order valence-corrected chi connectivity index (χ1v) is 7.35. The van der Waals surface area contributed by atoms with Crippen molar-refractivity contribution in [2.75, 3.05) is 19.6 Å². The van der Waals surface area contributed by atoms with Crippen molar-refractivity contribution < 1.29 is 9.53 Å². The maximum Gasteiger partial charge on any atom is 0.410 e. The SMILES string of the molecule is CCC1(CN)CCCN(C(=O)OCc2ccccc2)C1. The zero-order valence-electron chi connectivity index (χ0n) is 12.2. The summed E-state index contributed by atoms with van der Waals surface area (Å²) in [5.41, 5.74) is 6.98. The summed E-state index contributed by atoms with van der Waals surface area (Å²) in [5.74, 6) is 0. The summed E-state index contributed by atoms with van der Waals surface area (Å²) in [7, 11) is 0. The van der Waals surface area contributed by atoms with Crippen molar-refractivity contribution in [2.24, 2.45) is 11.1 Å². The van der Waals surface area contributed by atoms with Gasteiger partial charge in [0.05, 0.1) is 0 Å². The van der Waals surface area contributed by atoms with Gasteiger partial charge in [0.1, 0.15) is 6.61 Å². The molecule has 1 saturated heterocycles. The summed E-state index contributed by atoms with van der Waals surface area (Å²) in [4.78, 5) is 14.0. The predicted molar refractivity (Wildman–Crippen MR) is 79.2 cm³/mol. The van der Waals surface area contributed by atoms with Crippen LogP contribution in [0.2, 0.25) is 0 Å². The number of ether oxygens (including phenoxy) is 1. The molecule has 0 bridgehead atoms. The topological polar surface area (TPSA) is 55.6 Å². The molecule has 1 aromatic carbocycles. The Labute approximate surface area is 120 Å². The number of nitrogens with zero attached hydrogens (tertiary/aromatic N) is 1. The Kier molecular flexibility index (Phi) is 5.01. The van der Waals surface area contributed by atoms with Crippen LogP contribution in [0.15, 0.2) is 30.3 Å². The smallest absolute Gasteiger partial charge is 0.410 e. The summed E-state index contributed by atoms with van der Waals surface area (Å²) in [6.07, 6.45) is 2.89. The van der Waals surface area contributed by atoms with Gasteiger partial charge in [0, 0.05) is 18.5 Å². The first-order chi connectivity index (χ1) is 9.69. The molecule has 1 heterocycles. The van der Waals surface area contributed by atoms with Gasteiger partial charge in [0.25, 0.3) is 0 Å². The fraction of sp³-hybridized carbons (Fsp3) is 0.562. The van der Waals surface area contributed by atoms with E-state index in [0.29, 0.717) is 19.7 Å². The second kappa shape index (κ2) is 6.75. The summed E-state index contributed by atoms with van der Waals surface area (Å²) in [6, 6.07) is 9.76. The van der Waals surface area contributed by atoms with Gasteiger partial charge >= 0.3 is 6.09 Å². The van der Waals surface area contributed by atoms with Gasteiger partial charge in [-0.15, -0.1) is 0 Å². The molecule has 1 unspecified atom stereocenters. The van der Waals surface area contributed by atoms with Crippen LogP contribution in [0.4, 0.5) is 4.79 Å². The van der Waals surface area contributed by atoms with E-state index in [1.165, 1.54) is 0 Å². The molecule has 20 heavy (non-hydrogen) atoms. The molecule has 0 radical (unpaired) electrons. The third-order valence-corrected chi connectivity index (χ3v) is 4.31. The number of hydrogen-bond donors (Lipinski definition) is 1. The van der Waals surface area contributed by atoms with Crippen LogP contribution in [0.5, 0.6) is 0 Å². The number of nitrogens with two attached hydrogens (primary N) is 1. The van der Waals surface area contributed by atoms with Gasteiger partial charge in [-0.05, 0) is 31.4 Å². The zero-order valence-corrected chi connectivity index (χ0v) is 12.2. The summed E-state index contributed by atoms with van der Waals surface area (Å²) in [6.45, 7) is 4.60. The van der Waals surface area contributed by atoms with Gasteiger partial charge in [0.15, 0.2) is 0 Å². The average molecular weight is 276 g/mol. The molecule has 0 aromatic heterocycles. The highest BCUT2D eigenvalue weighted by Crippen LogP contribution is 2.32. The van der Waals surface area contributed by atoms with Crippen molar-refractivity contribution in [3.63, 3.8) is 0 Å². The molecule has 1 amide bonds. The maximum atomic E-state index is 12.2. The molecule has 1 fully saturated rings. The Hall–Kier alpha value is -1.55. The number of likely N-dealkylation sites (tertiary alicyclic amines) is 1. The van der Waals surface area contributed by atoms with Crippen molar-refractivity contribution in [1.82, 2.24) is 4.90 Å². The van der Waals surface area contributed by atoms with Crippen molar-refractivity contribution in [2.45, 2.75) is 32.8 Å². The molecule has 1 atom stereocenters. The largest absolute Gasteiger partial charge is 0.445 e. The van der Waals surface area contributed by atoms with Crippen molar-refractivity contribution in [1.29, 1.82) is 0 Å². The number of carbonyl (C=O) groups excluding carboxylic acids is 1. The van der Waals surface area contributed by atoms with E-state index in [-0.39, 0.29) is 11.5 Å². The van der Waals surface area contributed by atoms with E-state index in [9.17, 15) is 4.79 Å². The van der Waals surface area contributed by atoms with Crippen LogP contribution in [-0.2, 0) is 11.3 Å². The summed E-state index contributed by atoms with van der Waals surface area (Å²) < 4.78 is 5.40. The monoisotopic (exact) mass is 276 g/mol. The normalized spacial score (nSPS) is 22.6. The third kappa shape index (κ3) is 3.51. The van der Waals surface area contributed by atoms with E-state index in [0.717, 1.165) is 31.4 Å². The molecule has 1 aliphatic heterocycles. The lowest BCUT2D eigenvalue weighted by Crippen LogP contribution is -2.49. The molecular formula is C16H24N2O2. The second-order valence-electron chi connectivity index (χ2n) is 5.62. The quantitative estimate of drug-likeness (QED) is 0.920. The number of carbonyl (C=O) groups is 1. The van der Waals surface area contributed by atoms with Crippen LogP contribution in [-0.4, -0.2) is 30.6 Å². The molecule has 4 heteroatoms. The molecular weight excluding hydrogens is 252 g/mol. The molecule has 4 nitrogen and oxygen atoms in total. The Morgan fingerprint density at radius 2 is 2.15 bits per heavy atom. The van der Waals surface area contributed by atoms with Crippen molar-refractivity contribution >= 4 is 6.09 Å². The lowest BCUT2D eigenvalue weighted by atomic mass is 9.78. The summed E-state index contributed by atoms with van der Waals surface area (Å²) in [5, 5.41) is 0. The number of hydrogen-bond acceptors (Lipinski definition) is 3. The number of amides is 1. The maximum absolute atomic E-state index is 12.2. The van der Waals surface area contributed by atoms with E-state index in [1.807, 2.05) is 35.2 Å². The van der Waals surface area contributed by atoms with Gasteiger partial charge in [-0.3, -0.25) is 0 Å². The van der Waals surface area contributed by atoms with Gasteiger partial charge in [-0.25, -0.2) is 4.79 Å². The van der Waals surface area contributed by atoms with E-state index >= 15 is 0 Å². The highest BCUT2D eigenvalue weighted by molar-refractivity contribution is 5.67. The van der Waals surface area contributed by atoms with E-state index in [2.05, 4.69) is 6.92 Å². The van der Waals surface area contributed by atoms with E-state index < -0.39 is 0 Å². The van der Waals surface area contributed by atoms with E-state index in [1.54, 1.807) is 0 Å². The van der Waals surface area contributed by atoms with Gasteiger partial charge in [0.2, 0.25) is 0 Å². The van der Waals surface area contributed by atoms with Gasteiger partial charge in [-0.2, -0.15) is 0 Å². The van der Waals surface area contributed by atoms with Crippen LogP contribution in [0.1, 0.15) is 31.7 Å². The molecule has 110 valence electrons. The zero-order chi connectivity index (χ0) is 14.4.